The van der Waals surface area contributed by atoms with Gasteiger partial charge in [-0.2, -0.15) is 0 Å². The van der Waals surface area contributed by atoms with Gasteiger partial charge < -0.3 is 50.0 Å². The van der Waals surface area contributed by atoms with Crippen LogP contribution in [0.3, 0.4) is 0 Å². The first-order chi connectivity index (χ1) is 15.1. The van der Waals surface area contributed by atoms with Crippen molar-refractivity contribution in [3.05, 3.63) is 46.1 Å². The van der Waals surface area contributed by atoms with E-state index >= 15 is 0 Å². The molecule has 1 saturated heterocycles. The molecule has 0 spiro atoms. The van der Waals surface area contributed by atoms with Gasteiger partial charge in [0, 0.05) is 11.6 Å². The van der Waals surface area contributed by atoms with Crippen molar-refractivity contribution in [3.8, 4) is 34.3 Å². The number of benzene rings is 2. The van der Waals surface area contributed by atoms with Gasteiger partial charge in [0.15, 0.2) is 11.3 Å². The number of phenols is 3. The Bertz CT molecular complexity index is 1220. The molecule has 1 aromatic heterocycles. The molecular formula is C21H20O11. The van der Waals surface area contributed by atoms with E-state index in [4.69, 9.17) is 9.15 Å². The fourth-order valence-corrected chi connectivity index (χ4v) is 3.77. The average molecular weight is 448 g/mol. The van der Waals surface area contributed by atoms with Crippen molar-refractivity contribution >= 4 is 11.0 Å². The number of phenolic OH excluding ortho intramolecular Hbond substituents is 3. The molecular weight excluding hydrogens is 428 g/mol. The number of aliphatic hydroxyl groups excluding tert-OH is 4. The fourth-order valence-electron chi connectivity index (χ4n) is 3.77. The summed E-state index contributed by atoms with van der Waals surface area (Å²) in [6.45, 7) is -0.734. The first-order valence-corrected chi connectivity index (χ1v) is 9.50. The zero-order chi connectivity index (χ0) is 23.3. The van der Waals surface area contributed by atoms with Gasteiger partial charge in [-0.05, 0) is 24.3 Å². The van der Waals surface area contributed by atoms with Crippen molar-refractivity contribution in [3.63, 3.8) is 0 Å². The van der Waals surface area contributed by atoms with E-state index in [9.17, 15) is 45.6 Å². The van der Waals surface area contributed by atoms with E-state index in [1.807, 2.05) is 0 Å². The highest BCUT2D eigenvalue weighted by Gasteiger charge is 2.46. The largest absolute Gasteiger partial charge is 0.508 e. The van der Waals surface area contributed by atoms with Gasteiger partial charge in [-0.15, -0.1) is 0 Å². The lowest BCUT2D eigenvalue weighted by atomic mass is 9.89. The lowest BCUT2D eigenvalue weighted by molar-refractivity contribution is -0.231. The Hall–Kier alpha value is -3.35. The predicted molar refractivity (Wildman–Crippen MR) is 107 cm³/mol. The molecule has 11 heteroatoms. The minimum Gasteiger partial charge on any atom is -0.508 e. The standard InChI is InChI=1S/C21H20O11/c22-6-11-14(26)16(28)18(30)21(31-11)13-10(25)5-9(24)12-15(27)17(29)19(32-20(12)13)7-1-3-8(23)4-2-7/h1-5,11,14,16,18,21-26,28-30H,6H2/t11?,14?,16?,18-,21+/m1/s1. The molecule has 4 rings (SSSR count). The van der Waals surface area contributed by atoms with Crippen LogP contribution in [0.2, 0.25) is 0 Å². The van der Waals surface area contributed by atoms with Gasteiger partial charge in [-0.25, -0.2) is 0 Å². The summed E-state index contributed by atoms with van der Waals surface area (Å²) in [4.78, 5) is 12.8. The lowest BCUT2D eigenvalue weighted by Crippen LogP contribution is -2.55. The molecule has 3 unspecified atom stereocenters. The summed E-state index contributed by atoms with van der Waals surface area (Å²) in [6, 6.07) is 6.01. The molecule has 11 nitrogen and oxygen atoms in total. The Balaban J connectivity index is 2.01. The Morgan fingerprint density at radius 2 is 1.53 bits per heavy atom. The third-order valence-electron chi connectivity index (χ3n) is 5.44. The van der Waals surface area contributed by atoms with Gasteiger partial charge in [-0.3, -0.25) is 4.79 Å². The SMILES string of the molecule is O=c1c(O)c(-c2ccc(O)cc2)oc2c([C@@H]3OC(CO)C(O)C(O)[C@H]3O)c(O)cc(O)c12. The summed E-state index contributed by atoms with van der Waals surface area (Å²) >= 11 is 0. The van der Waals surface area contributed by atoms with E-state index in [-0.39, 0.29) is 22.6 Å². The summed E-state index contributed by atoms with van der Waals surface area (Å²) in [6.07, 6.45) is -8.17. The lowest BCUT2D eigenvalue weighted by Gasteiger charge is -2.40. The van der Waals surface area contributed by atoms with Crippen molar-refractivity contribution in [2.45, 2.75) is 30.5 Å². The van der Waals surface area contributed by atoms with Crippen LogP contribution in [-0.2, 0) is 4.74 Å². The van der Waals surface area contributed by atoms with Crippen molar-refractivity contribution in [1.29, 1.82) is 0 Å². The zero-order valence-corrected chi connectivity index (χ0v) is 16.3. The van der Waals surface area contributed by atoms with Gasteiger partial charge >= 0.3 is 0 Å². The summed E-state index contributed by atoms with van der Waals surface area (Å²) in [5.41, 5.74) is -1.70. The zero-order valence-electron chi connectivity index (χ0n) is 16.3. The Kier molecular flexibility index (Phi) is 5.44. The van der Waals surface area contributed by atoms with Crippen LogP contribution in [0.25, 0.3) is 22.3 Å². The van der Waals surface area contributed by atoms with E-state index in [2.05, 4.69) is 0 Å². The van der Waals surface area contributed by atoms with E-state index in [0.717, 1.165) is 6.07 Å². The monoisotopic (exact) mass is 448 g/mol. The van der Waals surface area contributed by atoms with Crippen LogP contribution in [-0.4, -0.2) is 71.9 Å². The molecule has 0 bridgehead atoms. The quantitative estimate of drug-likeness (QED) is 0.264. The Morgan fingerprint density at radius 1 is 0.875 bits per heavy atom. The molecule has 2 heterocycles. The van der Waals surface area contributed by atoms with Crippen LogP contribution in [0.15, 0.2) is 39.5 Å². The van der Waals surface area contributed by atoms with Crippen molar-refractivity contribution in [1.82, 2.24) is 0 Å². The van der Waals surface area contributed by atoms with Crippen LogP contribution >= 0.6 is 0 Å². The maximum atomic E-state index is 12.8. The normalized spacial score (nSPS) is 25.8. The highest BCUT2D eigenvalue weighted by molar-refractivity contribution is 5.91. The van der Waals surface area contributed by atoms with Crippen molar-refractivity contribution in [2.24, 2.45) is 0 Å². The molecule has 1 aliphatic heterocycles. The van der Waals surface area contributed by atoms with Crippen LogP contribution in [0.4, 0.5) is 0 Å². The fraction of sp³-hybridized carbons (Fsp3) is 0.286. The number of ether oxygens (including phenoxy) is 1. The van der Waals surface area contributed by atoms with E-state index in [1.165, 1.54) is 24.3 Å². The summed E-state index contributed by atoms with van der Waals surface area (Å²) in [7, 11) is 0. The first-order valence-electron chi connectivity index (χ1n) is 9.50. The van der Waals surface area contributed by atoms with Crippen LogP contribution in [0.1, 0.15) is 11.7 Å². The van der Waals surface area contributed by atoms with Gasteiger partial charge in [0.1, 0.15) is 53.2 Å². The highest BCUT2D eigenvalue weighted by atomic mass is 16.5. The Morgan fingerprint density at radius 3 is 2.16 bits per heavy atom. The summed E-state index contributed by atoms with van der Waals surface area (Å²) in [5.74, 6) is -2.71. The third-order valence-corrected chi connectivity index (χ3v) is 5.44. The number of aliphatic hydroxyl groups is 4. The molecule has 170 valence electrons. The minimum atomic E-state index is -1.82. The molecule has 8 N–H and O–H groups in total. The van der Waals surface area contributed by atoms with E-state index in [0.29, 0.717) is 0 Å². The number of hydrogen-bond donors (Lipinski definition) is 8. The minimum absolute atomic E-state index is 0.0892. The molecule has 5 atom stereocenters. The molecule has 3 aromatic rings. The molecule has 0 amide bonds. The number of rotatable bonds is 3. The molecule has 0 radical (unpaired) electrons. The molecule has 0 aliphatic carbocycles. The van der Waals surface area contributed by atoms with Crippen molar-refractivity contribution < 1.29 is 50.0 Å². The molecule has 1 fully saturated rings. The maximum Gasteiger partial charge on any atom is 0.238 e. The van der Waals surface area contributed by atoms with Crippen LogP contribution in [0, 0.1) is 0 Å². The first kappa shape index (κ1) is 21.9. The van der Waals surface area contributed by atoms with E-state index in [1.54, 1.807) is 0 Å². The second kappa shape index (κ2) is 7.97. The van der Waals surface area contributed by atoms with Crippen LogP contribution < -0.4 is 5.43 Å². The third kappa shape index (κ3) is 3.32. The maximum absolute atomic E-state index is 12.8. The average Bonchev–Trinajstić information content (AvgIpc) is 2.76. The summed E-state index contributed by atoms with van der Waals surface area (Å²) < 4.78 is 11.1. The highest BCUT2D eigenvalue weighted by Crippen LogP contribution is 2.44. The van der Waals surface area contributed by atoms with Crippen LogP contribution in [0.5, 0.6) is 23.0 Å². The topological polar surface area (TPSA) is 201 Å². The van der Waals surface area contributed by atoms with Gasteiger partial charge in [0.25, 0.3) is 0 Å². The van der Waals surface area contributed by atoms with Gasteiger partial charge in [0.2, 0.25) is 11.2 Å². The smallest absolute Gasteiger partial charge is 0.238 e. The van der Waals surface area contributed by atoms with E-state index < -0.39 is 70.8 Å². The number of hydrogen-bond acceptors (Lipinski definition) is 11. The molecule has 1 aliphatic rings. The van der Waals surface area contributed by atoms with Gasteiger partial charge in [0.05, 0.1) is 12.2 Å². The number of aromatic hydroxyl groups is 4. The predicted octanol–water partition coefficient (Wildman–Crippen LogP) is -0.203. The molecule has 0 saturated carbocycles. The Labute approximate surface area is 179 Å². The summed E-state index contributed by atoms with van der Waals surface area (Å²) in [5, 5.41) is 80.2. The molecule has 32 heavy (non-hydrogen) atoms. The van der Waals surface area contributed by atoms with Crippen molar-refractivity contribution in [2.75, 3.05) is 6.61 Å². The molecule has 2 aromatic carbocycles. The van der Waals surface area contributed by atoms with Gasteiger partial charge in [-0.1, -0.05) is 0 Å². The second-order valence-corrected chi connectivity index (χ2v) is 7.44. The number of fused-ring (bicyclic) bond motifs is 1. The second-order valence-electron chi connectivity index (χ2n) is 7.44.